The summed E-state index contributed by atoms with van der Waals surface area (Å²) in [5.41, 5.74) is 0.661. The van der Waals surface area contributed by atoms with E-state index in [0.717, 1.165) is 0 Å². The monoisotopic (exact) mass is 354 g/mol. The fourth-order valence-electron chi connectivity index (χ4n) is 1.60. The first kappa shape index (κ1) is 18.4. The normalized spacial score (nSPS) is 12.3. The lowest BCUT2D eigenvalue weighted by molar-refractivity contribution is 0.308. The van der Waals surface area contributed by atoms with Crippen LogP contribution in [0.2, 0.25) is 5.02 Å². The van der Waals surface area contributed by atoms with Crippen molar-refractivity contribution < 1.29 is 17.9 Å². The van der Waals surface area contributed by atoms with Crippen molar-refractivity contribution in [2.45, 2.75) is 31.4 Å². The largest absolute Gasteiger partial charge is 0.493 e. The van der Waals surface area contributed by atoms with Crippen molar-refractivity contribution in [2.24, 2.45) is 0 Å². The molecule has 0 aliphatic heterocycles. The zero-order valence-corrected chi connectivity index (χ0v) is 14.9. The van der Waals surface area contributed by atoms with Crippen LogP contribution in [0.3, 0.4) is 0 Å². The summed E-state index contributed by atoms with van der Waals surface area (Å²) in [4.78, 5) is 0. The van der Waals surface area contributed by atoms with Crippen molar-refractivity contribution >= 4 is 33.0 Å². The molecule has 0 saturated heterocycles. The van der Waals surface area contributed by atoms with Gasteiger partial charge in [0.1, 0.15) is 6.61 Å². The van der Waals surface area contributed by atoms with Gasteiger partial charge in [-0.05, 0) is 26.8 Å². The van der Waals surface area contributed by atoms with Crippen LogP contribution in [0.5, 0.6) is 11.5 Å². The molecule has 0 N–H and O–H groups in total. The van der Waals surface area contributed by atoms with E-state index in [9.17, 15) is 8.42 Å². The van der Waals surface area contributed by atoms with E-state index in [2.05, 4.69) is 0 Å². The Kier molecular flexibility index (Phi) is 6.20. The zero-order valence-electron chi connectivity index (χ0n) is 12.6. The number of hydrogen-bond donors (Lipinski definition) is 0. The van der Waals surface area contributed by atoms with Gasteiger partial charge in [-0.15, -0.1) is 11.6 Å². The van der Waals surface area contributed by atoms with E-state index in [-0.39, 0.29) is 18.2 Å². The number of alkyl halides is 1. The third kappa shape index (κ3) is 4.66. The molecule has 0 spiro atoms. The average Bonchev–Trinajstić information content (AvgIpc) is 2.38. The lowest BCUT2D eigenvalue weighted by Gasteiger charge is -2.20. The van der Waals surface area contributed by atoms with E-state index in [0.29, 0.717) is 22.1 Å². The summed E-state index contributed by atoms with van der Waals surface area (Å²) in [6.45, 7) is 5.02. The fourth-order valence-corrected chi connectivity index (χ4v) is 2.94. The zero-order chi connectivity index (χ0) is 16.3. The second kappa shape index (κ2) is 7.07. The molecule has 0 aliphatic rings. The number of sulfone groups is 1. The Morgan fingerprint density at radius 1 is 1.24 bits per heavy atom. The highest BCUT2D eigenvalue weighted by atomic mass is 35.5. The Bertz CT molecular complexity index is 566. The van der Waals surface area contributed by atoms with Gasteiger partial charge >= 0.3 is 0 Å². The molecule has 0 fully saturated rings. The minimum atomic E-state index is -3.24. The lowest BCUT2D eigenvalue weighted by Crippen LogP contribution is -2.32. The molecule has 7 heteroatoms. The SMILES string of the molecule is COc1cc(Cl)cc(CCl)c1OCCS(=O)(=O)C(C)(C)C. The summed E-state index contributed by atoms with van der Waals surface area (Å²) >= 11 is 11.8. The van der Waals surface area contributed by atoms with Crippen molar-refractivity contribution in [3.63, 3.8) is 0 Å². The Morgan fingerprint density at radius 2 is 1.86 bits per heavy atom. The minimum Gasteiger partial charge on any atom is -0.493 e. The van der Waals surface area contributed by atoms with Gasteiger partial charge in [0.25, 0.3) is 0 Å². The first-order chi connectivity index (χ1) is 9.62. The fraction of sp³-hybridized carbons (Fsp3) is 0.571. The van der Waals surface area contributed by atoms with Gasteiger partial charge in [-0.3, -0.25) is 0 Å². The van der Waals surface area contributed by atoms with Gasteiger partial charge in [-0.25, -0.2) is 8.42 Å². The van der Waals surface area contributed by atoms with Crippen LogP contribution in [-0.2, 0) is 15.7 Å². The Balaban J connectivity index is 2.90. The van der Waals surface area contributed by atoms with Gasteiger partial charge in [-0.1, -0.05) is 11.6 Å². The van der Waals surface area contributed by atoms with Gasteiger partial charge in [-0.2, -0.15) is 0 Å². The summed E-state index contributed by atoms with van der Waals surface area (Å²) in [7, 11) is -1.75. The van der Waals surface area contributed by atoms with E-state index in [1.807, 2.05) is 0 Å². The second-order valence-corrected chi connectivity index (χ2v) is 9.08. The Hall–Kier alpha value is -0.650. The van der Waals surface area contributed by atoms with Gasteiger partial charge in [0.15, 0.2) is 21.3 Å². The molecule has 0 aliphatic carbocycles. The van der Waals surface area contributed by atoms with E-state index in [1.54, 1.807) is 32.9 Å². The van der Waals surface area contributed by atoms with Crippen LogP contribution in [0, 0.1) is 0 Å². The van der Waals surface area contributed by atoms with Crippen molar-refractivity contribution in [3.8, 4) is 11.5 Å². The van der Waals surface area contributed by atoms with Crippen molar-refractivity contribution in [1.82, 2.24) is 0 Å². The van der Waals surface area contributed by atoms with Crippen LogP contribution in [0.15, 0.2) is 12.1 Å². The predicted octanol–water partition coefficient (Wildman–Crippen LogP) is 3.68. The Labute approximate surface area is 136 Å². The topological polar surface area (TPSA) is 52.6 Å². The van der Waals surface area contributed by atoms with Crippen molar-refractivity contribution in [3.05, 3.63) is 22.7 Å². The molecule has 0 amide bonds. The van der Waals surface area contributed by atoms with Crippen LogP contribution in [0.1, 0.15) is 26.3 Å². The molecule has 4 nitrogen and oxygen atoms in total. The summed E-state index contributed by atoms with van der Waals surface area (Å²) in [5.74, 6) is 0.981. The number of ether oxygens (including phenoxy) is 2. The summed E-state index contributed by atoms with van der Waals surface area (Å²) in [6.07, 6.45) is 0. The highest BCUT2D eigenvalue weighted by Crippen LogP contribution is 2.35. The number of rotatable bonds is 6. The van der Waals surface area contributed by atoms with Gasteiger partial charge in [0, 0.05) is 16.7 Å². The standard InChI is InChI=1S/C14H20Cl2O4S/c1-14(2,3)21(17,18)6-5-20-13-10(9-15)7-11(16)8-12(13)19-4/h7-8H,5-6,9H2,1-4H3. The van der Waals surface area contributed by atoms with E-state index >= 15 is 0 Å². The molecule has 0 saturated carbocycles. The molecule has 0 unspecified atom stereocenters. The molecule has 0 atom stereocenters. The summed E-state index contributed by atoms with van der Waals surface area (Å²) < 4.78 is 34.1. The molecule has 0 bridgehead atoms. The summed E-state index contributed by atoms with van der Waals surface area (Å²) in [6, 6.07) is 3.27. The average molecular weight is 355 g/mol. The van der Waals surface area contributed by atoms with E-state index in [4.69, 9.17) is 32.7 Å². The molecule has 21 heavy (non-hydrogen) atoms. The molecule has 0 radical (unpaired) electrons. The molecule has 1 rings (SSSR count). The van der Waals surface area contributed by atoms with E-state index < -0.39 is 14.6 Å². The first-order valence-electron chi connectivity index (χ1n) is 6.40. The van der Waals surface area contributed by atoms with Crippen molar-refractivity contribution in [2.75, 3.05) is 19.5 Å². The molecule has 0 aromatic heterocycles. The highest BCUT2D eigenvalue weighted by Gasteiger charge is 2.28. The third-order valence-corrected chi connectivity index (χ3v) is 6.07. The molecule has 120 valence electrons. The molecular weight excluding hydrogens is 335 g/mol. The maximum atomic E-state index is 12.0. The smallest absolute Gasteiger partial charge is 0.165 e. The molecular formula is C14H20Cl2O4S. The first-order valence-corrected chi connectivity index (χ1v) is 8.96. The Morgan fingerprint density at radius 3 is 2.33 bits per heavy atom. The maximum Gasteiger partial charge on any atom is 0.165 e. The number of benzene rings is 1. The van der Waals surface area contributed by atoms with Gasteiger partial charge < -0.3 is 9.47 Å². The van der Waals surface area contributed by atoms with Crippen LogP contribution < -0.4 is 9.47 Å². The van der Waals surface area contributed by atoms with Gasteiger partial charge in [0.05, 0.1) is 23.5 Å². The number of methoxy groups -OCH3 is 1. The molecule has 1 aromatic rings. The second-order valence-electron chi connectivity index (χ2n) is 5.51. The summed E-state index contributed by atoms with van der Waals surface area (Å²) in [5, 5.41) is 0.483. The number of hydrogen-bond acceptors (Lipinski definition) is 4. The lowest BCUT2D eigenvalue weighted by atomic mass is 10.2. The molecule has 1 aromatic carbocycles. The predicted molar refractivity (Wildman–Crippen MR) is 86.6 cm³/mol. The highest BCUT2D eigenvalue weighted by molar-refractivity contribution is 7.92. The van der Waals surface area contributed by atoms with Gasteiger partial charge in [0.2, 0.25) is 0 Å². The third-order valence-electron chi connectivity index (χ3n) is 2.99. The van der Waals surface area contributed by atoms with Crippen LogP contribution >= 0.6 is 23.2 Å². The van der Waals surface area contributed by atoms with Crippen molar-refractivity contribution in [1.29, 1.82) is 0 Å². The molecule has 0 heterocycles. The van der Waals surface area contributed by atoms with Crippen LogP contribution in [0.25, 0.3) is 0 Å². The quantitative estimate of drug-likeness (QED) is 0.731. The maximum absolute atomic E-state index is 12.0. The van der Waals surface area contributed by atoms with Crippen LogP contribution in [0.4, 0.5) is 0 Å². The number of halogens is 2. The minimum absolute atomic E-state index is 0.0293. The van der Waals surface area contributed by atoms with Crippen LogP contribution in [-0.4, -0.2) is 32.6 Å². The van der Waals surface area contributed by atoms with E-state index in [1.165, 1.54) is 7.11 Å².